The van der Waals surface area contributed by atoms with Crippen LogP contribution in [-0.2, 0) is 14.3 Å². The van der Waals surface area contributed by atoms with Gasteiger partial charge in [0.05, 0.1) is 6.42 Å². The molecule has 1 aliphatic rings. The average molecular weight is 493 g/mol. The smallest absolute Gasteiger partial charge is 0.407 e. The number of aliphatic carboxylic acids is 1. The molecule has 7 nitrogen and oxygen atoms in total. The standard InChI is InChI=1S/C24H26F2N2O5S/c1-34-11-10-19(23(30)31)27-21(29)12-20(22(25)26)28-24(32)33-13-18-16-8-4-2-6-14(16)15-7-3-5-9-17(15)18/h2-9,18-20,22H,10-13H2,1H3,(H,27,29)(H,28,32)(H,30,31). The van der Waals surface area contributed by atoms with Crippen LogP contribution < -0.4 is 10.6 Å². The molecule has 1 aliphatic carbocycles. The molecule has 2 amide bonds. The molecule has 0 heterocycles. The first-order valence-electron chi connectivity index (χ1n) is 10.7. The summed E-state index contributed by atoms with van der Waals surface area (Å²) in [5.74, 6) is -1.90. The lowest BCUT2D eigenvalue weighted by molar-refractivity contribution is -0.142. The Balaban J connectivity index is 1.58. The van der Waals surface area contributed by atoms with E-state index in [4.69, 9.17) is 4.74 Å². The SMILES string of the molecule is CSCCC(NC(=O)CC(NC(=O)OCC1c2ccccc2-c2ccccc21)C(F)F)C(=O)O. The first kappa shape index (κ1) is 25.5. The van der Waals surface area contributed by atoms with Crippen LogP contribution in [0.2, 0.25) is 0 Å². The van der Waals surface area contributed by atoms with E-state index in [1.54, 1.807) is 6.26 Å². The summed E-state index contributed by atoms with van der Waals surface area (Å²) in [5, 5.41) is 13.5. The molecule has 34 heavy (non-hydrogen) atoms. The van der Waals surface area contributed by atoms with Gasteiger partial charge in [-0.3, -0.25) is 4.79 Å². The van der Waals surface area contributed by atoms with Crippen molar-refractivity contribution in [2.45, 2.75) is 37.3 Å². The maximum atomic E-state index is 13.5. The van der Waals surface area contributed by atoms with E-state index in [9.17, 15) is 28.3 Å². The van der Waals surface area contributed by atoms with E-state index < -0.39 is 42.9 Å². The number of hydrogen-bond donors (Lipinski definition) is 3. The number of amides is 2. The van der Waals surface area contributed by atoms with Crippen molar-refractivity contribution in [1.82, 2.24) is 10.6 Å². The maximum Gasteiger partial charge on any atom is 0.407 e. The van der Waals surface area contributed by atoms with Gasteiger partial charge in [-0.1, -0.05) is 48.5 Å². The lowest BCUT2D eigenvalue weighted by Crippen LogP contribution is -2.47. The molecule has 2 aromatic rings. The van der Waals surface area contributed by atoms with Gasteiger partial charge in [0.15, 0.2) is 0 Å². The van der Waals surface area contributed by atoms with Gasteiger partial charge in [0.2, 0.25) is 5.91 Å². The number of rotatable bonds is 11. The molecule has 0 saturated heterocycles. The fourth-order valence-corrected chi connectivity index (χ4v) is 4.41. The molecule has 0 spiro atoms. The summed E-state index contributed by atoms with van der Waals surface area (Å²) in [6.45, 7) is -0.0578. The Morgan fingerprint density at radius 3 is 2.15 bits per heavy atom. The largest absolute Gasteiger partial charge is 0.480 e. The summed E-state index contributed by atoms with van der Waals surface area (Å²) < 4.78 is 32.2. The fourth-order valence-electron chi connectivity index (χ4n) is 3.94. The van der Waals surface area contributed by atoms with Gasteiger partial charge >= 0.3 is 12.1 Å². The van der Waals surface area contributed by atoms with Gasteiger partial charge in [-0.15, -0.1) is 0 Å². The Hall–Kier alpha value is -3.14. The van der Waals surface area contributed by atoms with Gasteiger partial charge in [0.1, 0.15) is 18.7 Å². The second-order valence-corrected chi connectivity index (χ2v) is 8.84. The van der Waals surface area contributed by atoms with Crippen LogP contribution in [0.1, 0.15) is 29.9 Å². The predicted molar refractivity (Wildman–Crippen MR) is 125 cm³/mol. The highest BCUT2D eigenvalue weighted by Crippen LogP contribution is 2.44. The van der Waals surface area contributed by atoms with Crippen molar-refractivity contribution in [1.29, 1.82) is 0 Å². The highest BCUT2D eigenvalue weighted by Gasteiger charge is 2.31. The number of benzene rings is 2. The number of thioether (sulfide) groups is 1. The van der Waals surface area contributed by atoms with E-state index in [1.807, 2.05) is 53.8 Å². The molecular weight excluding hydrogens is 466 g/mol. The van der Waals surface area contributed by atoms with Crippen molar-refractivity contribution in [3.63, 3.8) is 0 Å². The number of fused-ring (bicyclic) bond motifs is 3. The van der Waals surface area contributed by atoms with E-state index in [0.717, 1.165) is 22.3 Å². The first-order chi connectivity index (χ1) is 16.3. The zero-order valence-corrected chi connectivity index (χ0v) is 19.3. The summed E-state index contributed by atoms with van der Waals surface area (Å²) >= 11 is 1.40. The van der Waals surface area contributed by atoms with Crippen LogP contribution in [0.25, 0.3) is 11.1 Å². The number of alkyl carbamates (subject to hydrolysis) is 1. The molecule has 0 fully saturated rings. The van der Waals surface area contributed by atoms with Crippen molar-refractivity contribution in [2.75, 3.05) is 18.6 Å². The quantitative estimate of drug-likeness (QED) is 0.440. The Kier molecular flexibility index (Phi) is 8.86. The first-order valence-corrected chi connectivity index (χ1v) is 12.1. The molecule has 0 bridgehead atoms. The molecule has 0 aromatic heterocycles. The zero-order chi connectivity index (χ0) is 24.7. The molecule has 3 rings (SSSR count). The van der Waals surface area contributed by atoms with Crippen LogP contribution >= 0.6 is 11.8 Å². The van der Waals surface area contributed by atoms with Crippen molar-refractivity contribution in [3.8, 4) is 11.1 Å². The normalized spacial score (nSPS) is 14.1. The van der Waals surface area contributed by atoms with Gasteiger partial charge in [-0.25, -0.2) is 18.4 Å². The van der Waals surface area contributed by atoms with Crippen LogP contribution in [0, 0.1) is 0 Å². The minimum atomic E-state index is -3.04. The second-order valence-electron chi connectivity index (χ2n) is 7.85. The third kappa shape index (κ3) is 6.25. The summed E-state index contributed by atoms with van der Waals surface area (Å²) in [4.78, 5) is 35.7. The number of carboxylic acid groups (broad SMARTS) is 1. The predicted octanol–water partition coefficient (Wildman–Crippen LogP) is 3.87. The average Bonchev–Trinajstić information content (AvgIpc) is 3.13. The molecule has 3 N–H and O–H groups in total. The zero-order valence-electron chi connectivity index (χ0n) is 18.5. The number of nitrogens with one attached hydrogen (secondary N) is 2. The molecule has 2 unspecified atom stereocenters. The molecule has 0 radical (unpaired) electrons. The van der Waals surface area contributed by atoms with Crippen molar-refractivity contribution in [3.05, 3.63) is 59.7 Å². The van der Waals surface area contributed by atoms with Gasteiger partial charge in [0, 0.05) is 5.92 Å². The lowest BCUT2D eigenvalue weighted by Gasteiger charge is -2.20. The van der Waals surface area contributed by atoms with Gasteiger partial charge < -0.3 is 20.5 Å². The molecule has 0 saturated carbocycles. The number of hydrogen-bond acceptors (Lipinski definition) is 5. The minimum absolute atomic E-state index is 0.0578. The summed E-state index contributed by atoms with van der Waals surface area (Å²) in [5.41, 5.74) is 4.02. The Bertz CT molecular complexity index is 990. The number of alkyl halides is 2. The maximum absolute atomic E-state index is 13.5. The van der Waals surface area contributed by atoms with Gasteiger partial charge in [0.25, 0.3) is 6.43 Å². The topological polar surface area (TPSA) is 105 Å². The third-order valence-electron chi connectivity index (χ3n) is 5.60. The van der Waals surface area contributed by atoms with Crippen LogP contribution in [0.15, 0.2) is 48.5 Å². The monoisotopic (exact) mass is 492 g/mol. The van der Waals surface area contributed by atoms with Gasteiger partial charge in [-0.05, 0) is 40.7 Å². The van der Waals surface area contributed by atoms with Gasteiger partial charge in [-0.2, -0.15) is 11.8 Å². The van der Waals surface area contributed by atoms with Crippen LogP contribution in [0.3, 0.4) is 0 Å². The highest BCUT2D eigenvalue weighted by molar-refractivity contribution is 7.98. The Morgan fingerprint density at radius 1 is 1.03 bits per heavy atom. The van der Waals surface area contributed by atoms with E-state index in [2.05, 4.69) is 5.32 Å². The molecule has 10 heteroatoms. The van der Waals surface area contributed by atoms with E-state index in [0.29, 0.717) is 5.75 Å². The van der Waals surface area contributed by atoms with E-state index >= 15 is 0 Å². The van der Waals surface area contributed by atoms with Crippen LogP contribution in [0.4, 0.5) is 13.6 Å². The molecular formula is C24H26F2N2O5S. The fraction of sp³-hybridized carbons (Fsp3) is 0.375. The van der Waals surface area contributed by atoms with Crippen molar-refractivity contribution >= 4 is 29.7 Å². The number of carboxylic acids is 1. The summed E-state index contributed by atoms with van der Waals surface area (Å²) in [6.07, 6.45) is -2.95. The lowest BCUT2D eigenvalue weighted by atomic mass is 9.98. The summed E-state index contributed by atoms with van der Waals surface area (Å²) in [6, 6.07) is 12.4. The van der Waals surface area contributed by atoms with Crippen molar-refractivity contribution in [2.24, 2.45) is 0 Å². The second kappa shape index (κ2) is 11.8. The number of carbonyl (C=O) groups excluding carboxylic acids is 2. The highest BCUT2D eigenvalue weighted by atomic mass is 32.2. The van der Waals surface area contributed by atoms with E-state index in [1.165, 1.54) is 11.8 Å². The Labute approximate surface area is 200 Å². The molecule has 2 aromatic carbocycles. The third-order valence-corrected chi connectivity index (χ3v) is 6.24. The molecule has 2 atom stereocenters. The number of ether oxygens (including phenoxy) is 1. The Morgan fingerprint density at radius 2 is 1.62 bits per heavy atom. The van der Waals surface area contributed by atoms with E-state index in [-0.39, 0.29) is 18.9 Å². The van der Waals surface area contributed by atoms with Crippen LogP contribution in [0.5, 0.6) is 0 Å². The number of halogens is 2. The summed E-state index contributed by atoms with van der Waals surface area (Å²) in [7, 11) is 0. The molecule has 182 valence electrons. The molecule has 0 aliphatic heterocycles. The van der Waals surface area contributed by atoms with Crippen molar-refractivity contribution < 1.29 is 33.0 Å². The number of carbonyl (C=O) groups is 3. The van der Waals surface area contributed by atoms with Crippen LogP contribution in [-0.4, -0.2) is 60.2 Å². The minimum Gasteiger partial charge on any atom is -0.480 e.